The average molecular weight is 1030 g/mol. The Morgan fingerprint density at radius 2 is 0.909 bits per heavy atom. The number of fused-ring (bicyclic) bond motifs is 10. The number of anilines is 3. The molecule has 0 unspecified atom stereocenters. The monoisotopic (exact) mass is 1030 g/mol. The fraction of sp³-hybridized carbons (Fsp3) is 0.333. The molecule has 2 aliphatic rings. The lowest BCUT2D eigenvalue weighted by molar-refractivity contribution is 0.589. The highest BCUT2D eigenvalue weighted by Crippen LogP contribution is 2.48. The van der Waals surface area contributed by atoms with Crippen molar-refractivity contribution in [2.24, 2.45) is 0 Å². The van der Waals surface area contributed by atoms with Crippen molar-refractivity contribution in [3.63, 3.8) is 0 Å². The van der Waals surface area contributed by atoms with Gasteiger partial charge in [0.25, 0.3) is 0 Å². The van der Waals surface area contributed by atoms with E-state index in [2.05, 4.69) is 243 Å². The van der Waals surface area contributed by atoms with Gasteiger partial charge in [-0.25, -0.2) is 0 Å². The number of rotatable bonds is 12. The molecule has 0 bridgehead atoms. The van der Waals surface area contributed by atoms with E-state index in [0.717, 1.165) is 44.9 Å². The molecule has 0 radical (unpaired) electrons. The van der Waals surface area contributed by atoms with Crippen LogP contribution in [-0.2, 0) is 35.5 Å². The number of nitrogens with zero attached hydrogens (tertiary/aromatic N) is 3. The molecule has 5 heteroatoms. The SMILES string of the molecule is CCCCc1cc(CCCC)c(N2c3cc(-n4c5ccccc5c5cc(C(C)(C)C)ccc54)ccc3B3c4ccc(-n5c6ccccc6c6cc(C(C)(C)C)ccc65)cc4Sc4cc(C(C)(C)C)cc2c43)c(CCCC)c1. The molecule has 390 valence electrons. The topological polar surface area (TPSA) is 13.1 Å². The second-order valence-corrected chi connectivity index (χ2v) is 26.8. The number of hydrogen-bond acceptors (Lipinski definition) is 2. The quantitative estimate of drug-likeness (QED) is 0.113. The minimum Gasteiger partial charge on any atom is -0.311 e. The fourth-order valence-corrected chi connectivity index (χ4v) is 14.1. The smallest absolute Gasteiger partial charge is 0.249 e. The molecule has 0 saturated carbocycles. The van der Waals surface area contributed by atoms with Crippen molar-refractivity contribution in [3.8, 4) is 11.4 Å². The van der Waals surface area contributed by atoms with Crippen LogP contribution in [0.4, 0.5) is 17.1 Å². The number of unbranched alkanes of at least 4 members (excludes halogenated alkanes) is 3. The zero-order valence-electron chi connectivity index (χ0n) is 48.0. The summed E-state index contributed by atoms with van der Waals surface area (Å²) < 4.78 is 5.07. The Bertz CT molecular complexity index is 3910. The first-order valence-electron chi connectivity index (χ1n) is 29.1. The summed E-state index contributed by atoms with van der Waals surface area (Å²) in [5.41, 5.74) is 24.3. The van der Waals surface area contributed by atoms with Crippen LogP contribution in [0, 0.1) is 0 Å². The summed E-state index contributed by atoms with van der Waals surface area (Å²) in [5.74, 6) is 0. The molecule has 0 fully saturated rings. The van der Waals surface area contributed by atoms with Gasteiger partial charge >= 0.3 is 0 Å². The Morgan fingerprint density at radius 3 is 1.44 bits per heavy atom. The number of benzene rings is 8. The lowest BCUT2D eigenvalue weighted by Gasteiger charge is -2.43. The van der Waals surface area contributed by atoms with Gasteiger partial charge in [0.1, 0.15) is 0 Å². The molecule has 0 amide bonds. The lowest BCUT2D eigenvalue weighted by atomic mass is 9.34. The molecule has 0 spiro atoms. The van der Waals surface area contributed by atoms with Gasteiger partial charge < -0.3 is 14.0 Å². The summed E-state index contributed by atoms with van der Waals surface area (Å²) >= 11 is 1.99. The Balaban J connectivity index is 1.14. The van der Waals surface area contributed by atoms with E-state index < -0.39 is 0 Å². The molecule has 2 aliphatic heterocycles. The molecule has 8 aromatic carbocycles. The van der Waals surface area contributed by atoms with Gasteiger partial charge in [0, 0.05) is 54.1 Å². The summed E-state index contributed by atoms with van der Waals surface area (Å²) in [6.45, 7) is 28.2. The maximum Gasteiger partial charge on any atom is 0.249 e. The Labute approximate surface area is 464 Å². The number of hydrogen-bond donors (Lipinski definition) is 0. The number of para-hydroxylation sites is 2. The highest BCUT2D eigenvalue weighted by atomic mass is 32.2. The van der Waals surface area contributed by atoms with E-state index >= 15 is 0 Å². The normalized spacial score (nSPS) is 13.6. The Kier molecular flexibility index (Phi) is 13.0. The third-order valence-electron chi connectivity index (χ3n) is 17.2. The minimum absolute atomic E-state index is 0.0356. The zero-order chi connectivity index (χ0) is 53.7. The molecule has 0 aliphatic carbocycles. The van der Waals surface area contributed by atoms with Crippen LogP contribution in [0.25, 0.3) is 55.0 Å². The van der Waals surface area contributed by atoms with Crippen LogP contribution in [-0.4, -0.2) is 15.8 Å². The average Bonchev–Trinajstić information content (AvgIpc) is 4.00. The molecule has 4 heterocycles. The van der Waals surface area contributed by atoms with Crippen molar-refractivity contribution in [1.29, 1.82) is 0 Å². The Morgan fingerprint density at radius 1 is 0.416 bits per heavy atom. The summed E-state index contributed by atoms with van der Waals surface area (Å²) in [6.07, 6.45) is 10.3. The van der Waals surface area contributed by atoms with Crippen LogP contribution in [0.5, 0.6) is 0 Å². The van der Waals surface area contributed by atoms with Gasteiger partial charge in [-0.1, -0.05) is 192 Å². The highest BCUT2D eigenvalue weighted by Gasteiger charge is 2.43. The largest absolute Gasteiger partial charge is 0.311 e. The summed E-state index contributed by atoms with van der Waals surface area (Å²) in [5, 5.41) is 5.22. The second-order valence-electron chi connectivity index (χ2n) is 25.7. The van der Waals surface area contributed by atoms with E-state index in [1.165, 1.54) is 144 Å². The molecule has 0 saturated heterocycles. The van der Waals surface area contributed by atoms with E-state index in [1.54, 1.807) is 0 Å². The van der Waals surface area contributed by atoms with Gasteiger partial charge in [-0.3, -0.25) is 0 Å². The van der Waals surface area contributed by atoms with Crippen molar-refractivity contribution in [2.75, 3.05) is 4.90 Å². The molecular weight excluding hydrogens is 950 g/mol. The molecule has 10 aromatic rings. The standard InChI is InChI=1S/C72H78BN3S/c1-13-16-23-46-38-47(24-17-14-2)69(48(39-46)25-18-15-3)76-64-44-52(74-60-28-21-19-26-54(60)56-40-49(70(4,5)6)30-36-62(56)74)32-34-58(64)73-59-35-33-53(45-66(59)77-67-43-51(72(10,11)12)42-65(76)68(67)73)75-61-29-22-20-27-55(61)57-41-50(71(7,8)9)31-37-63(57)75/h19-22,26-45H,13-18,23-25H2,1-12H3. The van der Waals surface area contributed by atoms with Crippen molar-refractivity contribution >= 4 is 95.5 Å². The minimum atomic E-state index is -0.0820. The van der Waals surface area contributed by atoms with E-state index in [0.29, 0.717) is 0 Å². The highest BCUT2D eigenvalue weighted by molar-refractivity contribution is 8.00. The van der Waals surface area contributed by atoms with Crippen LogP contribution < -0.4 is 21.3 Å². The predicted octanol–water partition coefficient (Wildman–Crippen LogP) is 18.6. The molecule has 77 heavy (non-hydrogen) atoms. The van der Waals surface area contributed by atoms with Gasteiger partial charge in [0.15, 0.2) is 0 Å². The van der Waals surface area contributed by atoms with Gasteiger partial charge in [-0.15, -0.1) is 0 Å². The van der Waals surface area contributed by atoms with Crippen molar-refractivity contribution < 1.29 is 0 Å². The number of aromatic nitrogens is 2. The summed E-state index contributed by atoms with van der Waals surface area (Å²) in [6, 6.07) is 57.8. The van der Waals surface area contributed by atoms with Crippen LogP contribution in [0.1, 0.15) is 155 Å². The molecule has 12 rings (SSSR count). The van der Waals surface area contributed by atoms with E-state index in [9.17, 15) is 0 Å². The van der Waals surface area contributed by atoms with Crippen LogP contribution in [0.15, 0.2) is 155 Å². The first kappa shape index (κ1) is 51.3. The predicted molar refractivity (Wildman–Crippen MR) is 337 cm³/mol. The molecule has 3 nitrogen and oxygen atoms in total. The summed E-state index contributed by atoms with van der Waals surface area (Å²) in [7, 11) is 0. The van der Waals surface area contributed by atoms with Gasteiger partial charge in [0.2, 0.25) is 6.71 Å². The van der Waals surface area contributed by atoms with Crippen molar-refractivity contribution in [1.82, 2.24) is 9.13 Å². The first-order valence-corrected chi connectivity index (χ1v) is 30.0. The molecular formula is C72H78BN3S. The third kappa shape index (κ3) is 8.84. The second kappa shape index (κ2) is 19.5. The van der Waals surface area contributed by atoms with Crippen LogP contribution >= 0.6 is 11.8 Å². The Hall–Kier alpha value is -6.43. The van der Waals surface area contributed by atoms with Crippen LogP contribution in [0.2, 0.25) is 0 Å². The number of aryl methyl sites for hydroxylation is 3. The van der Waals surface area contributed by atoms with Crippen LogP contribution in [0.3, 0.4) is 0 Å². The maximum atomic E-state index is 2.80. The molecule has 0 atom stereocenters. The third-order valence-corrected chi connectivity index (χ3v) is 18.3. The summed E-state index contributed by atoms with van der Waals surface area (Å²) in [4.78, 5) is 5.52. The van der Waals surface area contributed by atoms with Crippen molar-refractivity contribution in [3.05, 3.63) is 179 Å². The molecule has 2 aromatic heterocycles. The first-order chi connectivity index (χ1) is 37.0. The van der Waals surface area contributed by atoms with Crippen molar-refractivity contribution in [2.45, 2.75) is 167 Å². The van der Waals surface area contributed by atoms with E-state index in [4.69, 9.17) is 0 Å². The fourth-order valence-electron chi connectivity index (χ4n) is 12.9. The van der Waals surface area contributed by atoms with Gasteiger partial charge in [-0.2, -0.15) is 0 Å². The van der Waals surface area contributed by atoms with Gasteiger partial charge in [0.05, 0.1) is 27.8 Å². The lowest BCUT2D eigenvalue weighted by Crippen LogP contribution is -2.60. The molecule has 0 N–H and O–H groups in total. The van der Waals surface area contributed by atoms with Gasteiger partial charge in [-0.05, 0) is 172 Å². The maximum absolute atomic E-state index is 2.80. The van der Waals surface area contributed by atoms with E-state index in [-0.39, 0.29) is 23.0 Å². The van der Waals surface area contributed by atoms with E-state index in [1.807, 2.05) is 11.8 Å². The zero-order valence-corrected chi connectivity index (χ0v) is 48.9.